The molecule has 2 N–H and O–H groups in total. The van der Waals surface area contributed by atoms with E-state index in [2.05, 4.69) is 10.6 Å². The van der Waals surface area contributed by atoms with E-state index in [4.69, 9.17) is 4.74 Å². The fraction of sp³-hybridized carbons (Fsp3) is 0.417. The van der Waals surface area contributed by atoms with Gasteiger partial charge in [-0.2, -0.15) is 11.8 Å². The van der Waals surface area contributed by atoms with Crippen molar-refractivity contribution in [1.82, 2.24) is 5.32 Å². The second kappa shape index (κ2) is 6.06. The molecule has 0 spiro atoms. The number of carbonyl (C=O) groups is 1. The van der Waals surface area contributed by atoms with Gasteiger partial charge in [-0.15, -0.1) is 0 Å². The van der Waals surface area contributed by atoms with Gasteiger partial charge in [-0.1, -0.05) is 0 Å². The maximum atomic E-state index is 13.2. The Labute approximate surface area is 109 Å². The highest BCUT2D eigenvalue weighted by Crippen LogP contribution is 2.21. The third kappa shape index (κ3) is 3.14. The molecule has 0 aromatic heterocycles. The maximum Gasteiger partial charge on any atom is 0.242 e. The normalized spacial score (nSPS) is 19.3. The Kier molecular flexibility index (Phi) is 4.43. The molecule has 0 bridgehead atoms. The van der Waals surface area contributed by atoms with Crippen molar-refractivity contribution in [2.75, 3.05) is 30.5 Å². The largest absolute Gasteiger partial charge is 0.494 e. The number of halogens is 1. The van der Waals surface area contributed by atoms with Gasteiger partial charge in [-0.05, 0) is 12.1 Å². The summed E-state index contributed by atoms with van der Waals surface area (Å²) in [5.41, 5.74) is 0.538. The van der Waals surface area contributed by atoms with Gasteiger partial charge in [-0.3, -0.25) is 4.79 Å². The number of rotatable bonds is 3. The summed E-state index contributed by atoms with van der Waals surface area (Å²) in [6.07, 6.45) is 0. The summed E-state index contributed by atoms with van der Waals surface area (Å²) in [4.78, 5) is 11.9. The van der Waals surface area contributed by atoms with Gasteiger partial charge in [0.2, 0.25) is 5.91 Å². The molecule has 0 radical (unpaired) electrons. The number of carbonyl (C=O) groups excluding carboxylic acids is 1. The fourth-order valence-corrected chi connectivity index (χ4v) is 2.63. The summed E-state index contributed by atoms with van der Waals surface area (Å²) < 4.78 is 18.1. The van der Waals surface area contributed by atoms with Gasteiger partial charge in [0.15, 0.2) is 11.6 Å². The monoisotopic (exact) mass is 270 g/mol. The van der Waals surface area contributed by atoms with Gasteiger partial charge >= 0.3 is 0 Å². The molecule has 98 valence electrons. The first-order valence-electron chi connectivity index (χ1n) is 5.66. The van der Waals surface area contributed by atoms with Crippen LogP contribution < -0.4 is 15.4 Å². The van der Waals surface area contributed by atoms with E-state index in [9.17, 15) is 9.18 Å². The van der Waals surface area contributed by atoms with Gasteiger partial charge in [-0.25, -0.2) is 4.39 Å². The molecular formula is C12H15FN2O2S. The molecule has 1 aliphatic heterocycles. The Balaban J connectivity index is 2.02. The summed E-state index contributed by atoms with van der Waals surface area (Å²) in [5, 5.41) is 5.89. The Morgan fingerprint density at radius 3 is 3.11 bits per heavy atom. The molecule has 1 saturated heterocycles. The van der Waals surface area contributed by atoms with Crippen molar-refractivity contribution in [3.05, 3.63) is 24.0 Å². The summed E-state index contributed by atoms with van der Waals surface area (Å²) >= 11 is 1.74. The lowest BCUT2D eigenvalue weighted by atomic mass is 10.2. The summed E-state index contributed by atoms with van der Waals surface area (Å²) in [5.74, 6) is 1.36. The minimum absolute atomic E-state index is 0.101. The highest BCUT2D eigenvalue weighted by atomic mass is 32.2. The Hall–Kier alpha value is -1.27. The van der Waals surface area contributed by atoms with Crippen molar-refractivity contribution < 1.29 is 13.9 Å². The minimum atomic E-state index is -0.443. The number of ether oxygens (including phenoxy) is 1. The van der Waals surface area contributed by atoms with E-state index in [0.29, 0.717) is 5.69 Å². The average Bonchev–Trinajstić information content (AvgIpc) is 2.42. The quantitative estimate of drug-likeness (QED) is 0.873. The van der Waals surface area contributed by atoms with Crippen LogP contribution in [0.15, 0.2) is 18.2 Å². The van der Waals surface area contributed by atoms with E-state index in [1.54, 1.807) is 11.8 Å². The van der Waals surface area contributed by atoms with Crippen LogP contribution in [0.2, 0.25) is 0 Å². The van der Waals surface area contributed by atoms with Gasteiger partial charge in [0.05, 0.1) is 13.2 Å². The zero-order chi connectivity index (χ0) is 13.0. The lowest BCUT2D eigenvalue weighted by Crippen LogP contribution is -2.46. The van der Waals surface area contributed by atoms with Crippen LogP contribution in [-0.4, -0.2) is 37.1 Å². The van der Waals surface area contributed by atoms with Crippen LogP contribution in [0.3, 0.4) is 0 Å². The van der Waals surface area contributed by atoms with E-state index < -0.39 is 5.82 Å². The van der Waals surface area contributed by atoms with E-state index in [-0.39, 0.29) is 17.7 Å². The number of nitrogens with one attached hydrogen (secondary N) is 2. The van der Waals surface area contributed by atoms with Crippen LogP contribution in [-0.2, 0) is 4.79 Å². The first kappa shape index (κ1) is 13.2. The molecule has 1 unspecified atom stereocenters. The Morgan fingerprint density at radius 1 is 1.61 bits per heavy atom. The van der Waals surface area contributed by atoms with Gasteiger partial charge in [0.25, 0.3) is 0 Å². The topological polar surface area (TPSA) is 50.4 Å². The molecule has 1 aliphatic rings. The zero-order valence-electron chi connectivity index (χ0n) is 10.0. The second-order valence-corrected chi connectivity index (χ2v) is 5.07. The lowest BCUT2D eigenvalue weighted by Gasteiger charge is -2.22. The average molecular weight is 270 g/mol. The highest BCUT2D eigenvalue weighted by Gasteiger charge is 2.21. The molecule has 1 atom stereocenters. The summed E-state index contributed by atoms with van der Waals surface area (Å²) in [6.45, 7) is 0.829. The summed E-state index contributed by atoms with van der Waals surface area (Å²) in [6, 6.07) is 4.08. The van der Waals surface area contributed by atoms with Crippen LogP contribution in [0.25, 0.3) is 0 Å². The van der Waals surface area contributed by atoms with Crippen LogP contribution in [0, 0.1) is 5.82 Å². The summed E-state index contributed by atoms with van der Waals surface area (Å²) in [7, 11) is 1.39. The molecule has 0 saturated carbocycles. The molecule has 1 aromatic rings. The number of amides is 1. The molecule has 2 rings (SSSR count). The minimum Gasteiger partial charge on any atom is -0.494 e. The van der Waals surface area contributed by atoms with Gasteiger partial charge in [0.1, 0.15) is 0 Å². The fourth-order valence-electron chi connectivity index (χ4n) is 1.70. The van der Waals surface area contributed by atoms with Crippen molar-refractivity contribution in [2.45, 2.75) is 6.04 Å². The van der Waals surface area contributed by atoms with E-state index in [1.165, 1.54) is 25.3 Å². The predicted molar refractivity (Wildman–Crippen MR) is 70.7 cm³/mol. The maximum absolute atomic E-state index is 13.2. The number of hydrogen-bond donors (Lipinski definition) is 2. The van der Waals surface area contributed by atoms with Crippen molar-refractivity contribution in [3.63, 3.8) is 0 Å². The van der Waals surface area contributed by atoms with E-state index in [1.807, 2.05) is 0 Å². The lowest BCUT2D eigenvalue weighted by molar-refractivity contribution is -0.117. The third-order valence-corrected chi connectivity index (χ3v) is 3.72. The molecule has 1 aromatic carbocycles. The first-order chi connectivity index (χ1) is 8.70. The third-order valence-electron chi connectivity index (χ3n) is 2.66. The van der Waals surface area contributed by atoms with Crippen molar-refractivity contribution in [1.29, 1.82) is 0 Å². The van der Waals surface area contributed by atoms with Crippen molar-refractivity contribution >= 4 is 23.4 Å². The molecule has 1 fully saturated rings. The van der Waals surface area contributed by atoms with Gasteiger partial charge < -0.3 is 15.4 Å². The first-order valence-corrected chi connectivity index (χ1v) is 6.81. The van der Waals surface area contributed by atoms with Crippen LogP contribution in [0.4, 0.5) is 10.1 Å². The molecule has 6 heteroatoms. The number of anilines is 1. The van der Waals surface area contributed by atoms with Gasteiger partial charge in [0, 0.05) is 29.8 Å². The number of benzene rings is 1. The molecule has 18 heavy (non-hydrogen) atoms. The van der Waals surface area contributed by atoms with Crippen LogP contribution in [0.1, 0.15) is 0 Å². The van der Waals surface area contributed by atoms with Crippen molar-refractivity contribution in [3.8, 4) is 5.75 Å². The Morgan fingerprint density at radius 2 is 2.44 bits per heavy atom. The standard InChI is InChI=1S/C12H15FN2O2S/c1-17-11-6-8(2-3-9(11)13)15-12(16)10-7-18-5-4-14-10/h2-3,6,10,14H,4-5,7H2,1H3,(H,15,16). The highest BCUT2D eigenvalue weighted by molar-refractivity contribution is 7.99. The van der Waals surface area contributed by atoms with Crippen LogP contribution >= 0.6 is 11.8 Å². The molecule has 0 aliphatic carbocycles. The smallest absolute Gasteiger partial charge is 0.242 e. The molecule has 4 nitrogen and oxygen atoms in total. The SMILES string of the molecule is COc1cc(NC(=O)C2CSCCN2)ccc1F. The molecule has 1 heterocycles. The molecule has 1 amide bonds. The number of thioether (sulfide) groups is 1. The zero-order valence-corrected chi connectivity index (χ0v) is 10.8. The predicted octanol–water partition coefficient (Wildman–Crippen LogP) is 1.48. The molecular weight excluding hydrogens is 255 g/mol. The Bertz CT molecular complexity index is 436. The van der Waals surface area contributed by atoms with E-state index >= 15 is 0 Å². The van der Waals surface area contributed by atoms with E-state index in [0.717, 1.165) is 18.1 Å². The second-order valence-electron chi connectivity index (χ2n) is 3.92. The number of hydrogen-bond acceptors (Lipinski definition) is 4. The number of methoxy groups -OCH3 is 1. The van der Waals surface area contributed by atoms with Crippen molar-refractivity contribution in [2.24, 2.45) is 0 Å². The van der Waals surface area contributed by atoms with Crippen LogP contribution in [0.5, 0.6) is 5.75 Å².